The molecule has 2 fully saturated rings. The predicted molar refractivity (Wildman–Crippen MR) is 168 cm³/mol. The molecular formula is C31H30ClF3N8O5. The Morgan fingerprint density at radius 3 is 2.54 bits per heavy atom. The molecule has 2 amide bonds. The molecule has 0 spiro atoms. The lowest BCUT2D eigenvalue weighted by Gasteiger charge is -2.54. The highest BCUT2D eigenvalue weighted by Gasteiger charge is 2.47. The number of carbonyl (C=O) groups is 2. The summed E-state index contributed by atoms with van der Waals surface area (Å²) in [6.45, 7) is 3.51. The van der Waals surface area contributed by atoms with Crippen LogP contribution in [0, 0.1) is 6.92 Å². The van der Waals surface area contributed by atoms with Crippen LogP contribution in [0.3, 0.4) is 0 Å². The number of pyridine rings is 1. The van der Waals surface area contributed by atoms with Crippen molar-refractivity contribution in [3.05, 3.63) is 68.6 Å². The summed E-state index contributed by atoms with van der Waals surface area (Å²) in [5, 5.41) is 12.7. The Balaban J connectivity index is 1.37. The first kappa shape index (κ1) is 32.9. The number of nitrogens with one attached hydrogen (secondary N) is 1. The Labute approximate surface area is 276 Å². The number of amides is 2. The molecule has 0 unspecified atom stereocenters. The van der Waals surface area contributed by atoms with Crippen LogP contribution in [-0.2, 0) is 23.9 Å². The van der Waals surface area contributed by atoms with Crippen LogP contribution in [0.1, 0.15) is 47.2 Å². The van der Waals surface area contributed by atoms with Crippen molar-refractivity contribution in [1.29, 1.82) is 0 Å². The van der Waals surface area contributed by atoms with Crippen LogP contribution >= 0.6 is 11.6 Å². The molecule has 48 heavy (non-hydrogen) atoms. The van der Waals surface area contributed by atoms with Crippen molar-refractivity contribution in [2.75, 3.05) is 30.4 Å². The Morgan fingerprint density at radius 2 is 1.90 bits per heavy atom. The number of aryl methyl sites for hydroxylation is 1. The first-order chi connectivity index (χ1) is 22.8. The van der Waals surface area contributed by atoms with Crippen molar-refractivity contribution >= 4 is 46.0 Å². The second kappa shape index (κ2) is 12.6. The van der Waals surface area contributed by atoms with Gasteiger partial charge < -0.3 is 29.5 Å². The third-order valence-corrected chi connectivity index (χ3v) is 9.09. The van der Waals surface area contributed by atoms with E-state index in [4.69, 9.17) is 16.3 Å². The summed E-state index contributed by atoms with van der Waals surface area (Å²) in [4.78, 5) is 61.4. The molecule has 0 radical (unpaired) electrons. The van der Waals surface area contributed by atoms with Gasteiger partial charge in [-0.15, -0.1) is 0 Å². The summed E-state index contributed by atoms with van der Waals surface area (Å²) in [5.74, 6) is -1.26. The molecule has 1 aromatic carbocycles. The van der Waals surface area contributed by atoms with E-state index >= 15 is 0 Å². The van der Waals surface area contributed by atoms with Crippen LogP contribution in [-0.4, -0.2) is 78.6 Å². The van der Waals surface area contributed by atoms with Crippen LogP contribution in [0.2, 0.25) is 5.02 Å². The van der Waals surface area contributed by atoms with E-state index in [0.29, 0.717) is 30.6 Å². The first-order valence-electron chi connectivity index (χ1n) is 15.0. The fraction of sp³-hybridized carbons (Fsp3) is 0.387. The maximum Gasteiger partial charge on any atom is 0.416 e. The number of benzene rings is 1. The van der Waals surface area contributed by atoms with E-state index in [2.05, 4.69) is 25.3 Å². The van der Waals surface area contributed by atoms with Crippen molar-refractivity contribution in [3.63, 3.8) is 0 Å². The van der Waals surface area contributed by atoms with Crippen LogP contribution < -0.4 is 20.4 Å². The van der Waals surface area contributed by atoms with Gasteiger partial charge in [0.2, 0.25) is 17.2 Å². The largest absolute Gasteiger partial charge is 0.504 e. The number of hydrogen-bond acceptors (Lipinski definition) is 10. The van der Waals surface area contributed by atoms with Gasteiger partial charge in [-0.25, -0.2) is 19.9 Å². The summed E-state index contributed by atoms with van der Waals surface area (Å²) in [7, 11) is 1.38. The Bertz CT molecular complexity index is 2010. The average molecular weight is 687 g/mol. The number of hydrogen-bond donors (Lipinski definition) is 2. The molecule has 4 heterocycles. The zero-order chi connectivity index (χ0) is 34.5. The summed E-state index contributed by atoms with van der Waals surface area (Å²) in [6, 6.07) is 2.08. The summed E-state index contributed by atoms with van der Waals surface area (Å²) in [6.07, 6.45) is -0.446. The van der Waals surface area contributed by atoms with Crippen LogP contribution in [0.5, 0.6) is 11.6 Å². The van der Waals surface area contributed by atoms with Gasteiger partial charge in [-0.3, -0.25) is 14.4 Å². The maximum atomic E-state index is 14.2. The molecule has 4 aromatic rings. The van der Waals surface area contributed by atoms with Gasteiger partial charge in [0.25, 0.3) is 5.91 Å². The van der Waals surface area contributed by atoms with Crippen molar-refractivity contribution in [2.24, 2.45) is 0 Å². The van der Waals surface area contributed by atoms with Crippen molar-refractivity contribution in [1.82, 2.24) is 29.4 Å². The van der Waals surface area contributed by atoms with Crippen LogP contribution in [0.4, 0.5) is 24.5 Å². The molecule has 6 rings (SSSR count). The van der Waals surface area contributed by atoms with E-state index in [1.165, 1.54) is 19.6 Å². The number of anilines is 2. The second-order valence-corrected chi connectivity index (χ2v) is 11.9. The topological polar surface area (TPSA) is 156 Å². The molecule has 1 aliphatic heterocycles. The van der Waals surface area contributed by atoms with Gasteiger partial charge in [0, 0.05) is 24.8 Å². The fourth-order valence-corrected chi connectivity index (χ4v) is 6.52. The zero-order valence-electron chi connectivity index (χ0n) is 26.0. The minimum Gasteiger partial charge on any atom is -0.504 e. The Morgan fingerprint density at radius 1 is 1.15 bits per heavy atom. The normalized spacial score (nSPS) is 17.6. The van der Waals surface area contributed by atoms with Gasteiger partial charge in [0.05, 0.1) is 41.3 Å². The highest BCUT2D eigenvalue weighted by Crippen LogP contribution is 2.39. The Kier molecular flexibility index (Phi) is 8.62. The third-order valence-electron chi connectivity index (χ3n) is 8.77. The third kappa shape index (κ3) is 5.73. The van der Waals surface area contributed by atoms with Crippen molar-refractivity contribution < 1.29 is 32.6 Å². The number of ether oxygens (including phenoxy) is 1. The van der Waals surface area contributed by atoms with E-state index in [1.54, 1.807) is 16.4 Å². The molecule has 1 saturated carbocycles. The lowest BCUT2D eigenvalue weighted by atomic mass is 9.81. The van der Waals surface area contributed by atoms with Crippen molar-refractivity contribution in [2.45, 2.75) is 57.9 Å². The van der Waals surface area contributed by atoms with E-state index < -0.39 is 29.0 Å². The molecule has 1 aliphatic carbocycles. The predicted octanol–water partition coefficient (Wildman–Crippen LogP) is 3.97. The molecule has 3 aromatic heterocycles. The van der Waals surface area contributed by atoms with Gasteiger partial charge in [-0.05, 0) is 44.4 Å². The number of rotatable bonds is 7. The molecule has 13 nitrogen and oxygen atoms in total. The quantitative estimate of drug-likeness (QED) is 0.292. The van der Waals surface area contributed by atoms with Crippen molar-refractivity contribution in [3.8, 4) is 11.6 Å². The number of carbonyl (C=O) groups excluding carboxylic acids is 2. The van der Waals surface area contributed by atoms with Gasteiger partial charge in [-0.2, -0.15) is 13.2 Å². The fourth-order valence-electron chi connectivity index (χ4n) is 6.29. The monoisotopic (exact) mass is 686 g/mol. The highest BCUT2D eigenvalue weighted by molar-refractivity contribution is 6.33. The van der Waals surface area contributed by atoms with Crippen LogP contribution in [0.25, 0.3) is 11.2 Å². The standard InChI is InChI=1S/C31H30ClF3N8O5/c1-4-19-26(41-9-10-42(21-8-7-20(21)41)30(47)25-27(45)15(2)37-14-38-25)28(46)24-29(36-12-23(40-24)48-3)43(19)13-22(44)39-18-6-5-16(11-17(18)32)31(33,34)35/h5-6,11-12,14,20-21,45H,4,7-10,13H2,1-3H3,(H,39,44)/t20-,21-/m0/s1. The van der Waals surface area contributed by atoms with E-state index in [9.17, 15) is 32.7 Å². The molecule has 17 heteroatoms. The SMILES string of the molecule is CCc1c(N2CCN(C(=O)c3ncnc(C)c3O)[C@H]3CC[C@@H]32)c(=O)c2nc(OC)cnc2n1CC(=O)Nc1ccc(C(F)(F)F)cc1Cl. The molecule has 2 atom stereocenters. The number of fused-ring (bicyclic) bond motifs is 2. The minimum atomic E-state index is -4.61. The number of aromatic hydroxyl groups is 1. The number of halogens is 4. The summed E-state index contributed by atoms with van der Waals surface area (Å²) >= 11 is 6.09. The number of nitrogens with zero attached hydrogens (tertiary/aromatic N) is 7. The molecule has 2 N–H and O–H groups in total. The van der Waals surface area contributed by atoms with E-state index in [0.717, 1.165) is 18.2 Å². The van der Waals surface area contributed by atoms with Gasteiger partial charge >= 0.3 is 6.18 Å². The van der Waals surface area contributed by atoms with Gasteiger partial charge in [0.15, 0.2) is 22.6 Å². The maximum absolute atomic E-state index is 14.2. The second-order valence-electron chi connectivity index (χ2n) is 11.4. The van der Waals surface area contributed by atoms with Gasteiger partial charge in [0.1, 0.15) is 18.6 Å². The molecular weight excluding hydrogens is 657 g/mol. The molecule has 0 bridgehead atoms. The molecule has 2 aliphatic rings. The summed E-state index contributed by atoms with van der Waals surface area (Å²) in [5.41, 5.74) is -0.363. The number of aromatic nitrogens is 5. The lowest BCUT2D eigenvalue weighted by molar-refractivity contribution is -0.137. The van der Waals surface area contributed by atoms with Gasteiger partial charge in [-0.1, -0.05) is 18.5 Å². The highest BCUT2D eigenvalue weighted by atomic mass is 35.5. The number of alkyl halides is 3. The van der Waals surface area contributed by atoms with E-state index in [1.807, 2.05) is 11.8 Å². The number of piperazine rings is 1. The van der Waals surface area contributed by atoms with Crippen LogP contribution in [0.15, 0.2) is 35.5 Å². The first-order valence-corrected chi connectivity index (χ1v) is 15.4. The average Bonchev–Trinajstić information content (AvgIpc) is 3.03. The smallest absolute Gasteiger partial charge is 0.416 e. The number of methoxy groups -OCH3 is 1. The Hall–Kier alpha value is -4.99. The lowest BCUT2D eigenvalue weighted by Crippen LogP contribution is -2.67. The zero-order valence-corrected chi connectivity index (χ0v) is 26.8. The van der Waals surface area contributed by atoms with E-state index in [-0.39, 0.29) is 76.6 Å². The molecule has 252 valence electrons. The summed E-state index contributed by atoms with van der Waals surface area (Å²) < 4.78 is 46.2. The molecule has 1 saturated heterocycles. The minimum absolute atomic E-state index is 0.0194.